The zero-order chi connectivity index (χ0) is 20.9. The Morgan fingerprint density at radius 1 is 1.20 bits per heavy atom. The minimum atomic E-state index is -0.508. The van der Waals surface area contributed by atoms with Crippen LogP contribution in [-0.4, -0.2) is 50.2 Å². The zero-order valence-electron chi connectivity index (χ0n) is 16.6. The van der Waals surface area contributed by atoms with E-state index in [1.165, 1.54) is 4.80 Å². The molecule has 2 aromatic heterocycles. The number of ether oxygens (including phenoxy) is 1. The number of aromatic nitrogens is 4. The Bertz CT molecular complexity index is 1020. The number of nitrogens with one attached hydrogen (secondary N) is 1. The fourth-order valence-electron chi connectivity index (χ4n) is 3.65. The fraction of sp³-hybridized carbons (Fsp3) is 0.318. The Balaban J connectivity index is 1.57. The number of carbonyl (C=O) groups excluding carboxylic acids is 2. The molecule has 0 bridgehead atoms. The number of Topliss-reactive ketones (excluding diaryl/α,β-unsaturated/α-hetero) is 1. The van der Waals surface area contributed by atoms with Gasteiger partial charge in [-0.2, -0.15) is 15.0 Å². The third-order valence-corrected chi connectivity index (χ3v) is 5.17. The van der Waals surface area contributed by atoms with Crippen molar-refractivity contribution in [2.24, 2.45) is 0 Å². The first-order valence-electron chi connectivity index (χ1n) is 9.96. The van der Waals surface area contributed by atoms with Gasteiger partial charge in [-0.15, -0.1) is 0 Å². The van der Waals surface area contributed by atoms with Crippen LogP contribution in [0.5, 0.6) is 5.88 Å². The maximum atomic E-state index is 13.4. The van der Waals surface area contributed by atoms with Crippen LogP contribution >= 0.6 is 0 Å². The number of rotatable bonds is 7. The lowest BCUT2D eigenvalue weighted by molar-refractivity contribution is -0.107. The molecule has 8 nitrogen and oxygen atoms in total. The monoisotopic (exact) mass is 405 g/mol. The molecule has 0 amide bonds. The molecule has 4 rings (SSSR count). The molecule has 3 unspecified atom stereocenters. The highest BCUT2D eigenvalue weighted by atomic mass is 16.5. The minimum Gasteiger partial charge on any atom is -0.472 e. The topological polar surface area (TPSA) is 99.0 Å². The summed E-state index contributed by atoms with van der Waals surface area (Å²) in [5.74, 6) is 0.368. The van der Waals surface area contributed by atoms with E-state index in [-0.39, 0.29) is 17.9 Å². The van der Waals surface area contributed by atoms with Gasteiger partial charge in [0.1, 0.15) is 18.4 Å². The van der Waals surface area contributed by atoms with Crippen molar-refractivity contribution in [1.82, 2.24) is 25.3 Å². The van der Waals surface area contributed by atoms with Gasteiger partial charge in [-0.05, 0) is 43.5 Å². The number of pyridine rings is 1. The molecule has 1 N–H and O–H groups in total. The molecule has 1 saturated heterocycles. The highest BCUT2D eigenvalue weighted by Crippen LogP contribution is 2.23. The van der Waals surface area contributed by atoms with Crippen LogP contribution in [0.2, 0.25) is 0 Å². The molecule has 3 heterocycles. The molecule has 0 spiro atoms. The van der Waals surface area contributed by atoms with Gasteiger partial charge < -0.3 is 14.8 Å². The smallest absolute Gasteiger partial charge is 0.213 e. The van der Waals surface area contributed by atoms with Crippen molar-refractivity contribution in [2.75, 3.05) is 0 Å². The number of aldehydes is 1. The number of carbonyl (C=O) groups is 2. The fourth-order valence-corrected chi connectivity index (χ4v) is 3.65. The number of ketones is 1. The van der Waals surface area contributed by atoms with Gasteiger partial charge in [0.05, 0.1) is 18.1 Å². The van der Waals surface area contributed by atoms with Crippen LogP contribution in [0.25, 0.3) is 5.69 Å². The molecule has 1 aromatic carbocycles. The lowest BCUT2D eigenvalue weighted by atomic mass is 9.90. The van der Waals surface area contributed by atoms with Gasteiger partial charge in [0.15, 0.2) is 5.78 Å². The number of nitrogens with zero attached hydrogens (tertiary/aromatic N) is 4. The van der Waals surface area contributed by atoms with E-state index in [0.717, 1.165) is 30.4 Å². The van der Waals surface area contributed by atoms with E-state index >= 15 is 0 Å². The highest BCUT2D eigenvalue weighted by Gasteiger charge is 2.35. The zero-order valence-corrected chi connectivity index (χ0v) is 16.6. The second-order valence-electron chi connectivity index (χ2n) is 7.39. The number of piperidine rings is 1. The maximum absolute atomic E-state index is 13.4. The highest BCUT2D eigenvalue weighted by molar-refractivity contribution is 6.01. The second-order valence-corrected chi connectivity index (χ2v) is 7.39. The van der Waals surface area contributed by atoms with Crippen molar-refractivity contribution >= 4 is 12.1 Å². The average Bonchev–Trinajstić information content (AvgIpc) is 3.30. The first-order valence-corrected chi connectivity index (χ1v) is 9.96. The largest absolute Gasteiger partial charge is 0.472 e. The standard InChI is InChI=1S/C22H23N5O3/c1-15-5-6-19(30-20-13-16(8-12-28)7-9-23-20)21(26-15)22(29)17-3-2-4-18(14-17)27-24-10-11-25-27/h2-4,7,9-15,19,21,26H,5-6,8H2,1H3. The van der Waals surface area contributed by atoms with E-state index in [1.807, 2.05) is 12.1 Å². The van der Waals surface area contributed by atoms with E-state index in [4.69, 9.17) is 4.74 Å². The lowest BCUT2D eigenvalue weighted by Crippen LogP contribution is -2.55. The van der Waals surface area contributed by atoms with Gasteiger partial charge in [-0.3, -0.25) is 4.79 Å². The number of benzene rings is 1. The predicted molar refractivity (Wildman–Crippen MR) is 110 cm³/mol. The van der Waals surface area contributed by atoms with Crippen LogP contribution in [0.4, 0.5) is 0 Å². The van der Waals surface area contributed by atoms with Crippen molar-refractivity contribution in [3.63, 3.8) is 0 Å². The van der Waals surface area contributed by atoms with Crippen molar-refractivity contribution < 1.29 is 14.3 Å². The normalized spacial score (nSPS) is 21.2. The van der Waals surface area contributed by atoms with Crippen molar-refractivity contribution in [2.45, 2.75) is 44.4 Å². The summed E-state index contributed by atoms with van der Waals surface area (Å²) in [4.78, 5) is 29.9. The van der Waals surface area contributed by atoms with Crippen LogP contribution in [0.1, 0.15) is 35.7 Å². The number of hydrogen-bond acceptors (Lipinski definition) is 7. The summed E-state index contributed by atoms with van der Waals surface area (Å²) in [6.07, 6.45) is 7.20. The second kappa shape index (κ2) is 8.96. The summed E-state index contributed by atoms with van der Waals surface area (Å²) in [7, 11) is 0. The van der Waals surface area contributed by atoms with Crippen molar-refractivity contribution in [3.8, 4) is 11.6 Å². The van der Waals surface area contributed by atoms with Gasteiger partial charge in [-0.25, -0.2) is 4.98 Å². The van der Waals surface area contributed by atoms with Crippen molar-refractivity contribution in [1.29, 1.82) is 0 Å². The summed E-state index contributed by atoms with van der Waals surface area (Å²) < 4.78 is 6.11. The first-order chi connectivity index (χ1) is 14.6. The van der Waals surface area contributed by atoms with Gasteiger partial charge in [0.2, 0.25) is 5.88 Å². The summed E-state index contributed by atoms with van der Waals surface area (Å²) in [6.45, 7) is 2.06. The van der Waals surface area contributed by atoms with E-state index in [0.29, 0.717) is 17.9 Å². The molecule has 154 valence electrons. The Kier molecular flexibility index (Phi) is 5.94. The van der Waals surface area contributed by atoms with E-state index in [9.17, 15) is 9.59 Å². The van der Waals surface area contributed by atoms with Crippen LogP contribution in [0, 0.1) is 0 Å². The Labute approximate surface area is 174 Å². The number of hydrogen-bond donors (Lipinski definition) is 1. The van der Waals surface area contributed by atoms with E-state index in [2.05, 4.69) is 27.4 Å². The lowest BCUT2D eigenvalue weighted by Gasteiger charge is -2.35. The molecule has 0 radical (unpaired) electrons. The van der Waals surface area contributed by atoms with Gasteiger partial charge in [-0.1, -0.05) is 12.1 Å². The molecule has 3 atom stereocenters. The molecule has 3 aromatic rings. The molecule has 0 saturated carbocycles. The van der Waals surface area contributed by atoms with Crippen LogP contribution in [-0.2, 0) is 11.2 Å². The molecule has 30 heavy (non-hydrogen) atoms. The third kappa shape index (κ3) is 4.44. The third-order valence-electron chi connectivity index (χ3n) is 5.17. The van der Waals surface area contributed by atoms with Crippen LogP contribution in [0.3, 0.4) is 0 Å². The molecular formula is C22H23N5O3. The molecule has 0 aliphatic carbocycles. The molecule has 8 heteroatoms. The molecule has 1 fully saturated rings. The Hall–Kier alpha value is -3.39. The van der Waals surface area contributed by atoms with E-state index < -0.39 is 6.04 Å². The molecular weight excluding hydrogens is 382 g/mol. The summed E-state index contributed by atoms with van der Waals surface area (Å²) in [6, 6.07) is 10.5. The average molecular weight is 405 g/mol. The van der Waals surface area contributed by atoms with Gasteiger partial charge >= 0.3 is 0 Å². The quantitative estimate of drug-likeness (QED) is 0.475. The Morgan fingerprint density at radius 3 is 2.83 bits per heavy atom. The van der Waals surface area contributed by atoms with Crippen molar-refractivity contribution in [3.05, 3.63) is 66.1 Å². The Morgan fingerprint density at radius 2 is 2.03 bits per heavy atom. The summed E-state index contributed by atoms with van der Waals surface area (Å²) in [5.41, 5.74) is 2.11. The maximum Gasteiger partial charge on any atom is 0.213 e. The van der Waals surface area contributed by atoms with Crippen LogP contribution in [0.15, 0.2) is 55.0 Å². The summed E-state index contributed by atoms with van der Waals surface area (Å²) >= 11 is 0. The van der Waals surface area contributed by atoms with E-state index in [1.54, 1.807) is 42.9 Å². The molecule has 1 aliphatic rings. The first kappa shape index (κ1) is 19.9. The van der Waals surface area contributed by atoms with Gasteiger partial charge in [0, 0.05) is 30.3 Å². The SMILES string of the molecule is CC1CCC(Oc2cc(CC=O)ccn2)C(C(=O)c2cccc(-n3nccn3)c2)N1. The van der Waals surface area contributed by atoms with Crippen LogP contribution < -0.4 is 10.1 Å². The van der Waals surface area contributed by atoms with Gasteiger partial charge in [0.25, 0.3) is 0 Å². The minimum absolute atomic E-state index is 0.0513. The summed E-state index contributed by atoms with van der Waals surface area (Å²) in [5, 5.41) is 11.6. The predicted octanol–water partition coefficient (Wildman–Crippen LogP) is 2.17. The molecule has 1 aliphatic heterocycles.